The highest BCUT2D eigenvalue weighted by molar-refractivity contribution is 5.92. The number of hydrogen-bond acceptors (Lipinski definition) is 4. The predicted octanol–water partition coefficient (Wildman–Crippen LogP) is 0.159. The Balaban J connectivity index is 2.50. The van der Waals surface area contributed by atoms with Gasteiger partial charge in [0.15, 0.2) is 0 Å². The van der Waals surface area contributed by atoms with Gasteiger partial charge < -0.3 is 20.5 Å². The van der Waals surface area contributed by atoms with E-state index < -0.39 is 0 Å². The van der Waals surface area contributed by atoms with Crippen molar-refractivity contribution in [3.8, 4) is 0 Å². The molecule has 6 nitrogen and oxygen atoms in total. The Morgan fingerprint density at radius 3 is 2.79 bits per heavy atom. The summed E-state index contributed by atoms with van der Waals surface area (Å²) in [6.45, 7) is 6.99. The molecule has 1 aromatic heterocycles. The number of nitrogens with two attached hydrogens (primary N) is 1. The van der Waals surface area contributed by atoms with Gasteiger partial charge in [0.2, 0.25) is 0 Å². The number of nitrogens with zero attached hydrogens (tertiary/aromatic N) is 3. The number of nitrogens with one attached hydrogen (secondary N) is 1. The van der Waals surface area contributed by atoms with E-state index in [1.165, 1.54) is 0 Å². The zero-order valence-electron chi connectivity index (χ0n) is 12.3. The lowest BCUT2D eigenvalue weighted by Crippen LogP contribution is -2.40. The molecule has 0 aliphatic carbocycles. The van der Waals surface area contributed by atoms with E-state index in [2.05, 4.69) is 29.0 Å². The van der Waals surface area contributed by atoms with Crippen molar-refractivity contribution in [2.45, 2.75) is 20.4 Å². The third kappa shape index (κ3) is 5.40. The minimum Gasteiger partial charge on any atom is -0.350 e. The Labute approximate surface area is 115 Å². The summed E-state index contributed by atoms with van der Waals surface area (Å²) in [5, 5.41) is 2.93. The highest BCUT2D eigenvalue weighted by atomic mass is 16.1. The normalized spacial score (nSPS) is 11.9. The molecule has 1 amide bonds. The standard InChI is InChI=1S/C13H25N5O/c1-13(2,9-17(3)4)8-15-12(19)11-7-18(6-5-14)10-16-11/h7,10H,5-6,8-9,14H2,1-4H3,(H,15,19). The van der Waals surface area contributed by atoms with E-state index in [0.717, 1.165) is 6.54 Å². The Morgan fingerprint density at radius 1 is 1.53 bits per heavy atom. The predicted molar refractivity (Wildman–Crippen MR) is 75.9 cm³/mol. The van der Waals surface area contributed by atoms with Crippen LogP contribution in [0, 0.1) is 5.41 Å². The molecular weight excluding hydrogens is 242 g/mol. The molecule has 0 spiro atoms. The third-order valence-electron chi connectivity index (χ3n) is 2.72. The molecule has 6 heteroatoms. The summed E-state index contributed by atoms with van der Waals surface area (Å²) >= 11 is 0. The van der Waals surface area contributed by atoms with E-state index in [1.54, 1.807) is 12.5 Å². The van der Waals surface area contributed by atoms with Gasteiger partial charge in [0.25, 0.3) is 5.91 Å². The molecule has 0 aliphatic heterocycles. The zero-order valence-corrected chi connectivity index (χ0v) is 12.3. The van der Waals surface area contributed by atoms with Crippen LogP contribution >= 0.6 is 0 Å². The smallest absolute Gasteiger partial charge is 0.271 e. The molecule has 0 fully saturated rings. The monoisotopic (exact) mass is 267 g/mol. The summed E-state index contributed by atoms with van der Waals surface area (Å²) in [4.78, 5) is 18.2. The number of amides is 1. The molecule has 1 heterocycles. The maximum absolute atomic E-state index is 12.0. The lowest BCUT2D eigenvalue weighted by atomic mass is 9.93. The van der Waals surface area contributed by atoms with Crippen molar-refractivity contribution in [1.29, 1.82) is 0 Å². The molecule has 0 saturated heterocycles. The highest BCUT2D eigenvalue weighted by Crippen LogP contribution is 2.14. The maximum Gasteiger partial charge on any atom is 0.271 e. The van der Waals surface area contributed by atoms with Crippen molar-refractivity contribution in [3.63, 3.8) is 0 Å². The van der Waals surface area contributed by atoms with Gasteiger partial charge in [0.1, 0.15) is 5.69 Å². The molecular formula is C13H25N5O. The summed E-state index contributed by atoms with van der Waals surface area (Å²) < 4.78 is 1.82. The minimum absolute atomic E-state index is 0.0268. The van der Waals surface area contributed by atoms with E-state index >= 15 is 0 Å². The van der Waals surface area contributed by atoms with Crippen LogP contribution in [0.5, 0.6) is 0 Å². The third-order valence-corrected chi connectivity index (χ3v) is 2.72. The van der Waals surface area contributed by atoms with Gasteiger partial charge in [-0.25, -0.2) is 4.98 Å². The fraction of sp³-hybridized carbons (Fsp3) is 0.692. The van der Waals surface area contributed by atoms with Crippen molar-refractivity contribution in [2.24, 2.45) is 11.1 Å². The Kier molecular flexibility index (Phi) is 5.50. The lowest BCUT2D eigenvalue weighted by Gasteiger charge is -2.28. The summed E-state index contributed by atoms with van der Waals surface area (Å²) in [5.74, 6) is -0.136. The van der Waals surface area contributed by atoms with Crippen LogP contribution in [0.4, 0.5) is 0 Å². The number of carbonyl (C=O) groups is 1. The van der Waals surface area contributed by atoms with E-state index in [-0.39, 0.29) is 11.3 Å². The molecule has 0 aromatic carbocycles. The first-order chi connectivity index (χ1) is 8.84. The summed E-state index contributed by atoms with van der Waals surface area (Å²) in [6, 6.07) is 0. The van der Waals surface area contributed by atoms with Crippen LogP contribution in [0.1, 0.15) is 24.3 Å². The summed E-state index contributed by atoms with van der Waals surface area (Å²) in [5.41, 5.74) is 5.92. The molecule has 0 saturated carbocycles. The van der Waals surface area contributed by atoms with Gasteiger partial charge in [-0.05, 0) is 19.5 Å². The minimum atomic E-state index is -0.136. The van der Waals surface area contributed by atoms with Gasteiger partial charge in [0.05, 0.1) is 6.33 Å². The second-order valence-electron chi connectivity index (χ2n) is 5.87. The van der Waals surface area contributed by atoms with Crippen LogP contribution in [0.3, 0.4) is 0 Å². The largest absolute Gasteiger partial charge is 0.350 e. The van der Waals surface area contributed by atoms with Crippen LogP contribution in [-0.2, 0) is 6.54 Å². The van der Waals surface area contributed by atoms with Gasteiger partial charge in [-0.1, -0.05) is 13.8 Å². The second-order valence-corrected chi connectivity index (χ2v) is 5.87. The quantitative estimate of drug-likeness (QED) is 0.738. The fourth-order valence-corrected chi connectivity index (χ4v) is 2.07. The number of carbonyl (C=O) groups excluding carboxylic acids is 1. The number of imidazole rings is 1. The number of rotatable bonds is 7. The molecule has 1 rings (SSSR count). The molecule has 0 bridgehead atoms. The van der Waals surface area contributed by atoms with Gasteiger partial charge in [0, 0.05) is 32.4 Å². The molecule has 19 heavy (non-hydrogen) atoms. The first-order valence-corrected chi connectivity index (χ1v) is 6.49. The molecule has 108 valence electrons. The van der Waals surface area contributed by atoms with Crippen molar-refractivity contribution in [2.75, 3.05) is 33.7 Å². The fourth-order valence-electron chi connectivity index (χ4n) is 2.07. The van der Waals surface area contributed by atoms with Crippen molar-refractivity contribution < 1.29 is 4.79 Å². The van der Waals surface area contributed by atoms with E-state index in [9.17, 15) is 4.79 Å². The average molecular weight is 267 g/mol. The highest BCUT2D eigenvalue weighted by Gasteiger charge is 2.20. The van der Waals surface area contributed by atoms with E-state index in [4.69, 9.17) is 5.73 Å². The molecule has 3 N–H and O–H groups in total. The number of aromatic nitrogens is 2. The van der Waals surface area contributed by atoms with Crippen LogP contribution in [0.15, 0.2) is 12.5 Å². The zero-order chi connectivity index (χ0) is 14.5. The van der Waals surface area contributed by atoms with Crippen LogP contribution < -0.4 is 11.1 Å². The van der Waals surface area contributed by atoms with Crippen molar-refractivity contribution in [3.05, 3.63) is 18.2 Å². The van der Waals surface area contributed by atoms with Gasteiger partial charge in [-0.3, -0.25) is 4.79 Å². The maximum atomic E-state index is 12.0. The van der Waals surface area contributed by atoms with Crippen LogP contribution in [-0.4, -0.2) is 54.1 Å². The number of hydrogen-bond donors (Lipinski definition) is 2. The lowest BCUT2D eigenvalue weighted by molar-refractivity contribution is 0.0924. The topological polar surface area (TPSA) is 76.2 Å². The molecule has 0 unspecified atom stereocenters. The van der Waals surface area contributed by atoms with Gasteiger partial charge in [-0.2, -0.15) is 0 Å². The van der Waals surface area contributed by atoms with Gasteiger partial charge in [-0.15, -0.1) is 0 Å². The molecule has 0 atom stereocenters. The summed E-state index contributed by atoms with van der Waals surface area (Å²) in [6.07, 6.45) is 3.36. The molecule has 1 aromatic rings. The average Bonchev–Trinajstić information content (AvgIpc) is 2.73. The second kappa shape index (κ2) is 6.68. The van der Waals surface area contributed by atoms with Gasteiger partial charge >= 0.3 is 0 Å². The SMILES string of the molecule is CN(C)CC(C)(C)CNC(=O)c1cn(CCN)cn1. The Morgan fingerprint density at radius 2 is 2.21 bits per heavy atom. The first kappa shape index (κ1) is 15.7. The Bertz CT molecular complexity index is 411. The molecule has 0 radical (unpaired) electrons. The van der Waals surface area contributed by atoms with Crippen molar-refractivity contribution >= 4 is 5.91 Å². The van der Waals surface area contributed by atoms with Crippen LogP contribution in [0.2, 0.25) is 0 Å². The van der Waals surface area contributed by atoms with Crippen molar-refractivity contribution in [1.82, 2.24) is 19.8 Å². The Hall–Kier alpha value is -1.40. The summed E-state index contributed by atoms with van der Waals surface area (Å²) in [7, 11) is 4.05. The first-order valence-electron chi connectivity index (χ1n) is 6.49. The van der Waals surface area contributed by atoms with E-state index in [1.807, 2.05) is 18.7 Å². The van der Waals surface area contributed by atoms with Crippen LogP contribution in [0.25, 0.3) is 0 Å². The molecule has 0 aliphatic rings. The van der Waals surface area contributed by atoms with E-state index in [0.29, 0.717) is 25.3 Å².